The average Bonchev–Trinajstić information content (AvgIpc) is 2.35. The molecule has 0 aromatic carbocycles. The standard InChI is InChI=1S/C7H9BrO2/c8-5-1-2-6-4(5)3-7(9)10-6/h4-6H,1-3H2/t4-,5?,6?/m0/s1. The number of carbonyl (C=O) groups excluding carboxylic acids is 1. The van der Waals surface area contributed by atoms with E-state index in [1.807, 2.05) is 0 Å². The van der Waals surface area contributed by atoms with Crippen molar-refractivity contribution in [3.8, 4) is 0 Å². The van der Waals surface area contributed by atoms with Crippen LogP contribution in [-0.2, 0) is 9.53 Å². The number of esters is 1. The van der Waals surface area contributed by atoms with Crippen LogP contribution in [0.5, 0.6) is 0 Å². The molecule has 1 aliphatic carbocycles. The molecule has 0 spiro atoms. The van der Waals surface area contributed by atoms with Gasteiger partial charge in [-0.15, -0.1) is 0 Å². The zero-order valence-corrected chi connectivity index (χ0v) is 7.13. The lowest BCUT2D eigenvalue weighted by Gasteiger charge is -2.07. The molecule has 0 aromatic heterocycles. The zero-order valence-electron chi connectivity index (χ0n) is 5.55. The molecular weight excluding hydrogens is 196 g/mol. The van der Waals surface area contributed by atoms with Crippen LogP contribution in [0.15, 0.2) is 0 Å². The number of hydrogen-bond acceptors (Lipinski definition) is 2. The van der Waals surface area contributed by atoms with Crippen LogP contribution < -0.4 is 0 Å². The van der Waals surface area contributed by atoms with Gasteiger partial charge in [-0.25, -0.2) is 0 Å². The topological polar surface area (TPSA) is 26.3 Å². The quantitative estimate of drug-likeness (QED) is 0.442. The highest BCUT2D eigenvalue weighted by Crippen LogP contribution is 2.40. The third kappa shape index (κ3) is 0.875. The van der Waals surface area contributed by atoms with Gasteiger partial charge in [0.25, 0.3) is 0 Å². The second kappa shape index (κ2) is 2.22. The Balaban J connectivity index is 2.12. The van der Waals surface area contributed by atoms with Gasteiger partial charge in [0.05, 0.1) is 6.42 Å². The summed E-state index contributed by atoms with van der Waals surface area (Å²) in [5.74, 6) is 0.451. The Labute approximate surface area is 68.1 Å². The summed E-state index contributed by atoms with van der Waals surface area (Å²) in [6.07, 6.45) is 3.06. The first-order chi connectivity index (χ1) is 4.77. The highest BCUT2D eigenvalue weighted by molar-refractivity contribution is 9.09. The molecule has 2 fully saturated rings. The van der Waals surface area contributed by atoms with Gasteiger partial charge in [0.2, 0.25) is 0 Å². The lowest BCUT2D eigenvalue weighted by Crippen LogP contribution is -2.12. The van der Waals surface area contributed by atoms with Gasteiger partial charge in [-0.1, -0.05) is 15.9 Å². The summed E-state index contributed by atoms with van der Waals surface area (Å²) < 4.78 is 5.09. The number of hydrogen-bond donors (Lipinski definition) is 0. The third-order valence-electron chi connectivity index (χ3n) is 2.35. The van der Waals surface area contributed by atoms with Crippen molar-refractivity contribution >= 4 is 21.9 Å². The normalized spacial score (nSPS) is 45.3. The Morgan fingerprint density at radius 2 is 2.30 bits per heavy atom. The SMILES string of the molecule is O=C1C[C@H]2C(Br)CCC2O1. The van der Waals surface area contributed by atoms with E-state index in [4.69, 9.17) is 4.74 Å². The number of ether oxygens (including phenoxy) is 1. The van der Waals surface area contributed by atoms with Crippen LogP contribution in [0.4, 0.5) is 0 Å². The summed E-state index contributed by atoms with van der Waals surface area (Å²) in [4.78, 5) is 11.3. The van der Waals surface area contributed by atoms with E-state index in [-0.39, 0.29) is 12.1 Å². The summed E-state index contributed by atoms with van der Waals surface area (Å²) in [7, 11) is 0. The van der Waals surface area contributed by atoms with Crippen molar-refractivity contribution in [2.24, 2.45) is 5.92 Å². The van der Waals surface area contributed by atoms with Crippen LogP contribution in [0.2, 0.25) is 0 Å². The second-order valence-electron chi connectivity index (χ2n) is 2.99. The lowest BCUT2D eigenvalue weighted by molar-refractivity contribution is -0.141. The van der Waals surface area contributed by atoms with Gasteiger partial charge in [-0.2, -0.15) is 0 Å². The first-order valence-corrected chi connectivity index (χ1v) is 4.52. The minimum Gasteiger partial charge on any atom is -0.462 e. The van der Waals surface area contributed by atoms with Gasteiger partial charge in [0.15, 0.2) is 0 Å². The summed E-state index contributed by atoms with van der Waals surface area (Å²) in [6, 6.07) is 0. The number of rotatable bonds is 0. The molecule has 2 unspecified atom stereocenters. The van der Waals surface area contributed by atoms with Crippen molar-refractivity contribution in [2.45, 2.75) is 30.2 Å². The van der Waals surface area contributed by atoms with Crippen molar-refractivity contribution < 1.29 is 9.53 Å². The minimum atomic E-state index is -0.0147. The zero-order chi connectivity index (χ0) is 7.14. The van der Waals surface area contributed by atoms with E-state index in [2.05, 4.69) is 15.9 Å². The van der Waals surface area contributed by atoms with Crippen LogP contribution in [0.3, 0.4) is 0 Å². The smallest absolute Gasteiger partial charge is 0.306 e. The van der Waals surface area contributed by atoms with Crippen molar-refractivity contribution in [3.05, 3.63) is 0 Å². The van der Waals surface area contributed by atoms with Gasteiger partial charge >= 0.3 is 5.97 Å². The summed E-state index contributed by atoms with van der Waals surface area (Å²) in [6.45, 7) is 0. The molecule has 3 heteroatoms. The van der Waals surface area contributed by atoms with E-state index >= 15 is 0 Å². The molecule has 1 saturated heterocycles. The lowest BCUT2D eigenvalue weighted by atomic mass is 10.1. The molecular formula is C7H9BrO2. The maximum atomic E-state index is 10.8. The molecule has 0 bridgehead atoms. The van der Waals surface area contributed by atoms with E-state index in [9.17, 15) is 4.79 Å². The van der Waals surface area contributed by atoms with Crippen molar-refractivity contribution in [3.63, 3.8) is 0 Å². The first kappa shape index (κ1) is 6.65. The molecule has 1 saturated carbocycles. The fourth-order valence-corrected chi connectivity index (χ4v) is 2.59. The van der Waals surface area contributed by atoms with Crippen LogP contribution in [0, 0.1) is 5.92 Å². The average molecular weight is 205 g/mol. The van der Waals surface area contributed by atoms with E-state index in [0.29, 0.717) is 17.2 Å². The molecule has 0 N–H and O–H groups in total. The third-order valence-corrected chi connectivity index (χ3v) is 3.49. The van der Waals surface area contributed by atoms with Gasteiger partial charge in [0, 0.05) is 10.7 Å². The number of alkyl halides is 1. The number of fused-ring (bicyclic) bond motifs is 1. The molecule has 3 atom stereocenters. The van der Waals surface area contributed by atoms with Gasteiger partial charge in [-0.3, -0.25) is 4.79 Å². The second-order valence-corrected chi connectivity index (χ2v) is 4.17. The Kier molecular flexibility index (Phi) is 1.48. The Bertz CT molecular complexity index is 169. The highest BCUT2D eigenvalue weighted by atomic mass is 79.9. The molecule has 2 aliphatic rings. The number of carbonyl (C=O) groups is 1. The molecule has 2 rings (SSSR count). The van der Waals surface area contributed by atoms with E-state index < -0.39 is 0 Å². The number of halogens is 1. The fourth-order valence-electron chi connectivity index (χ4n) is 1.80. The highest BCUT2D eigenvalue weighted by Gasteiger charge is 2.43. The van der Waals surface area contributed by atoms with E-state index in [1.54, 1.807) is 0 Å². The molecule has 0 amide bonds. The first-order valence-electron chi connectivity index (χ1n) is 3.61. The molecule has 0 aromatic rings. The van der Waals surface area contributed by atoms with Crippen LogP contribution >= 0.6 is 15.9 Å². The van der Waals surface area contributed by atoms with Crippen LogP contribution in [-0.4, -0.2) is 16.9 Å². The Morgan fingerprint density at radius 3 is 3.00 bits per heavy atom. The monoisotopic (exact) mass is 204 g/mol. The van der Waals surface area contributed by atoms with Crippen LogP contribution in [0.1, 0.15) is 19.3 Å². The van der Waals surface area contributed by atoms with Crippen molar-refractivity contribution in [2.75, 3.05) is 0 Å². The van der Waals surface area contributed by atoms with Gasteiger partial charge < -0.3 is 4.74 Å². The largest absolute Gasteiger partial charge is 0.462 e. The fraction of sp³-hybridized carbons (Fsp3) is 0.857. The molecule has 56 valence electrons. The maximum absolute atomic E-state index is 10.8. The molecule has 2 nitrogen and oxygen atoms in total. The van der Waals surface area contributed by atoms with Gasteiger partial charge in [-0.05, 0) is 12.8 Å². The molecule has 1 aliphatic heterocycles. The Hall–Kier alpha value is -0.0500. The molecule has 10 heavy (non-hydrogen) atoms. The predicted molar refractivity (Wildman–Crippen MR) is 39.9 cm³/mol. The molecule has 1 heterocycles. The maximum Gasteiger partial charge on any atom is 0.306 e. The summed E-state index contributed by atoms with van der Waals surface area (Å²) >= 11 is 3.54. The van der Waals surface area contributed by atoms with Crippen molar-refractivity contribution in [1.29, 1.82) is 0 Å². The van der Waals surface area contributed by atoms with Crippen molar-refractivity contribution in [1.82, 2.24) is 0 Å². The summed E-state index contributed by atoms with van der Waals surface area (Å²) in [5.41, 5.74) is 0. The van der Waals surface area contributed by atoms with E-state index in [1.165, 1.54) is 0 Å². The van der Waals surface area contributed by atoms with Crippen LogP contribution in [0.25, 0.3) is 0 Å². The van der Waals surface area contributed by atoms with E-state index in [0.717, 1.165) is 12.8 Å². The molecule has 0 radical (unpaired) electrons. The minimum absolute atomic E-state index is 0.0147. The van der Waals surface area contributed by atoms with Gasteiger partial charge in [0.1, 0.15) is 6.10 Å². The summed E-state index contributed by atoms with van der Waals surface area (Å²) in [5, 5.41) is 0. The Morgan fingerprint density at radius 1 is 1.50 bits per heavy atom. The predicted octanol–water partition coefficient (Wildman–Crippen LogP) is 1.48.